The summed E-state index contributed by atoms with van der Waals surface area (Å²) < 4.78 is 6.65. The van der Waals surface area contributed by atoms with Gasteiger partial charge in [0.1, 0.15) is 0 Å². The van der Waals surface area contributed by atoms with E-state index < -0.39 is 5.76 Å². The Bertz CT molecular complexity index is 851. The third-order valence-electron chi connectivity index (χ3n) is 2.97. The second-order valence-corrected chi connectivity index (χ2v) is 5.58. The zero-order chi connectivity index (χ0) is 14.3. The van der Waals surface area contributed by atoms with Crippen molar-refractivity contribution < 1.29 is 4.42 Å². The van der Waals surface area contributed by atoms with Gasteiger partial charge >= 0.3 is 5.76 Å². The van der Waals surface area contributed by atoms with E-state index in [0.29, 0.717) is 32.7 Å². The molecule has 0 amide bonds. The fraction of sp³-hybridized carbons (Fsp3) is 0.0714. The quantitative estimate of drug-likeness (QED) is 0.689. The van der Waals surface area contributed by atoms with Crippen molar-refractivity contribution in [2.75, 3.05) is 0 Å². The van der Waals surface area contributed by atoms with E-state index >= 15 is 0 Å². The van der Waals surface area contributed by atoms with Gasteiger partial charge in [0, 0.05) is 15.1 Å². The van der Waals surface area contributed by atoms with Crippen molar-refractivity contribution in [3.8, 4) is 0 Å². The molecular formula is C14H8Cl3NO2. The van der Waals surface area contributed by atoms with Crippen LogP contribution in [0.3, 0.4) is 0 Å². The molecule has 0 radical (unpaired) electrons. The molecule has 6 heteroatoms. The molecule has 0 bridgehead atoms. The van der Waals surface area contributed by atoms with Crippen molar-refractivity contribution in [3.05, 3.63) is 67.6 Å². The van der Waals surface area contributed by atoms with Gasteiger partial charge in [0.15, 0.2) is 5.58 Å². The summed E-state index contributed by atoms with van der Waals surface area (Å²) >= 11 is 17.9. The first-order chi connectivity index (χ1) is 9.54. The Labute approximate surface area is 129 Å². The first kappa shape index (κ1) is 13.6. The molecule has 0 saturated heterocycles. The molecule has 0 aliphatic carbocycles. The van der Waals surface area contributed by atoms with Gasteiger partial charge in [-0.2, -0.15) is 0 Å². The number of aromatic nitrogens is 1. The number of fused-ring (bicyclic) bond motifs is 1. The minimum absolute atomic E-state index is 0.294. The fourth-order valence-electron chi connectivity index (χ4n) is 2.01. The lowest BCUT2D eigenvalue weighted by molar-refractivity contribution is 0.518. The lowest BCUT2D eigenvalue weighted by Crippen LogP contribution is -2.15. The molecule has 3 nitrogen and oxygen atoms in total. The number of halogens is 3. The second kappa shape index (κ2) is 5.17. The first-order valence-corrected chi connectivity index (χ1v) is 6.91. The summed E-state index contributed by atoms with van der Waals surface area (Å²) in [6, 6.07) is 10.2. The summed E-state index contributed by atoms with van der Waals surface area (Å²) in [6.07, 6.45) is 0. The summed E-state index contributed by atoms with van der Waals surface area (Å²) in [5, 5.41) is 1.58. The van der Waals surface area contributed by atoms with E-state index in [0.717, 1.165) is 5.56 Å². The van der Waals surface area contributed by atoms with E-state index in [1.807, 2.05) is 0 Å². The van der Waals surface area contributed by atoms with Crippen molar-refractivity contribution in [2.45, 2.75) is 6.54 Å². The van der Waals surface area contributed by atoms with Crippen LogP contribution in [0.15, 0.2) is 45.6 Å². The van der Waals surface area contributed by atoms with Crippen LogP contribution in [0.5, 0.6) is 0 Å². The molecule has 20 heavy (non-hydrogen) atoms. The highest BCUT2D eigenvalue weighted by Crippen LogP contribution is 2.24. The van der Waals surface area contributed by atoms with Gasteiger partial charge in [-0.25, -0.2) is 4.79 Å². The molecule has 3 aromatic rings. The van der Waals surface area contributed by atoms with Crippen LogP contribution in [-0.2, 0) is 6.54 Å². The smallest absolute Gasteiger partial charge is 0.408 e. The predicted octanol–water partition coefficient (Wildman–Crippen LogP) is 4.60. The molecule has 0 spiro atoms. The summed E-state index contributed by atoms with van der Waals surface area (Å²) in [6.45, 7) is 0.294. The molecule has 1 heterocycles. The Morgan fingerprint density at radius 3 is 2.45 bits per heavy atom. The maximum Gasteiger partial charge on any atom is 0.420 e. The van der Waals surface area contributed by atoms with Gasteiger partial charge in [0.2, 0.25) is 0 Å². The fourth-order valence-corrected chi connectivity index (χ4v) is 2.64. The minimum atomic E-state index is -0.451. The number of hydrogen-bond acceptors (Lipinski definition) is 2. The van der Waals surface area contributed by atoms with Crippen LogP contribution >= 0.6 is 34.8 Å². The Hall–Kier alpha value is -1.42. The summed E-state index contributed by atoms with van der Waals surface area (Å²) in [5.74, 6) is -0.451. The van der Waals surface area contributed by atoms with Crippen molar-refractivity contribution in [3.63, 3.8) is 0 Å². The normalized spacial score (nSPS) is 11.2. The molecule has 2 aromatic carbocycles. The zero-order valence-corrected chi connectivity index (χ0v) is 12.3. The van der Waals surface area contributed by atoms with Gasteiger partial charge in [-0.1, -0.05) is 40.9 Å². The van der Waals surface area contributed by atoms with Gasteiger partial charge in [0.05, 0.1) is 12.1 Å². The van der Waals surface area contributed by atoms with E-state index in [9.17, 15) is 4.79 Å². The van der Waals surface area contributed by atoms with Crippen molar-refractivity contribution >= 4 is 45.9 Å². The van der Waals surface area contributed by atoms with Crippen LogP contribution in [0, 0.1) is 0 Å². The van der Waals surface area contributed by atoms with Gasteiger partial charge in [0.25, 0.3) is 0 Å². The largest absolute Gasteiger partial charge is 0.420 e. The number of oxazole rings is 1. The number of rotatable bonds is 2. The van der Waals surface area contributed by atoms with Crippen LogP contribution in [-0.4, -0.2) is 4.57 Å². The molecule has 0 unspecified atom stereocenters. The first-order valence-electron chi connectivity index (χ1n) is 5.77. The molecule has 1 aromatic heterocycles. The Kier molecular flexibility index (Phi) is 3.50. The van der Waals surface area contributed by atoms with E-state index in [-0.39, 0.29) is 0 Å². The Morgan fingerprint density at radius 1 is 1.00 bits per heavy atom. The van der Waals surface area contributed by atoms with Crippen LogP contribution in [0.2, 0.25) is 15.1 Å². The predicted molar refractivity (Wildman–Crippen MR) is 81.0 cm³/mol. The highest BCUT2D eigenvalue weighted by Gasteiger charge is 2.11. The van der Waals surface area contributed by atoms with Crippen molar-refractivity contribution in [2.24, 2.45) is 0 Å². The molecule has 0 atom stereocenters. The highest BCUT2D eigenvalue weighted by atomic mass is 35.5. The van der Waals surface area contributed by atoms with Gasteiger partial charge in [-0.3, -0.25) is 4.57 Å². The summed E-state index contributed by atoms with van der Waals surface area (Å²) in [7, 11) is 0. The molecular weight excluding hydrogens is 321 g/mol. The lowest BCUT2D eigenvalue weighted by atomic mass is 10.2. The van der Waals surface area contributed by atoms with E-state index in [4.69, 9.17) is 39.2 Å². The molecule has 102 valence electrons. The number of nitrogens with zero attached hydrogens (tertiary/aromatic N) is 1. The lowest BCUT2D eigenvalue weighted by Gasteiger charge is -2.05. The zero-order valence-electron chi connectivity index (χ0n) is 10.1. The third kappa shape index (κ3) is 2.44. The topological polar surface area (TPSA) is 35.1 Å². The van der Waals surface area contributed by atoms with Crippen LogP contribution in [0.25, 0.3) is 11.1 Å². The highest BCUT2D eigenvalue weighted by molar-refractivity contribution is 6.35. The number of hydrogen-bond donors (Lipinski definition) is 0. The average molecular weight is 329 g/mol. The summed E-state index contributed by atoms with van der Waals surface area (Å²) in [5.41, 5.74) is 1.90. The minimum Gasteiger partial charge on any atom is -0.408 e. The summed E-state index contributed by atoms with van der Waals surface area (Å²) in [4.78, 5) is 11.9. The standard InChI is InChI=1S/C14H8Cl3NO2/c15-9-2-1-8(11(17)5-9)7-18-12-6-10(16)3-4-13(12)20-14(18)19/h1-6H,7H2. The van der Waals surface area contributed by atoms with Gasteiger partial charge < -0.3 is 4.42 Å². The molecule has 0 fully saturated rings. The molecule has 0 aliphatic heterocycles. The molecule has 0 N–H and O–H groups in total. The Morgan fingerprint density at radius 2 is 1.70 bits per heavy atom. The second-order valence-electron chi connectivity index (χ2n) is 4.30. The number of benzene rings is 2. The van der Waals surface area contributed by atoms with Crippen molar-refractivity contribution in [1.82, 2.24) is 4.57 Å². The van der Waals surface area contributed by atoms with Gasteiger partial charge in [-0.05, 0) is 35.9 Å². The molecule has 0 saturated carbocycles. The molecule has 0 aliphatic rings. The van der Waals surface area contributed by atoms with Crippen LogP contribution in [0.1, 0.15) is 5.56 Å². The third-order valence-corrected chi connectivity index (χ3v) is 3.80. The average Bonchev–Trinajstić information content (AvgIpc) is 2.69. The van der Waals surface area contributed by atoms with E-state index in [1.165, 1.54) is 4.57 Å². The van der Waals surface area contributed by atoms with Crippen LogP contribution < -0.4 is 5.76 Å². The van der Waals surface area contributed by atoms with Gasteiger partial charge in [-0.15, -0.1) is 0 Å². The van der Waals surface area contributed by atoms with Crippen molar-refractivity contribution in [1.29, 1.82) is 0 Å². The maximum absolute atomic E-state index is 11.9. The monoisotopic (exact) mass is 327 g/mol. The van der Waals surface area contributed by atoms with Crippen LogP contribution in [0.4, 0.5) is 0 Å². The SMILES string of the molecule is O=c1oc2ccc(Cl)cc2n1Cc1ccc(Cl)cc1Cl. The van der Waals surface area contributed by atoms with E-state index in [2.05, 4.69) is 0 Å². The molecule has 3 rings (SSSR count). The van der Waals surface area contributed by atoms with E-state index in [1.54, 1.807) is 36.4 Å². The maximum atomic E-state index is 11.9. The Balaban J connectivity index is 2.12.